The van der Waals surface area contributed by atoms with Gasteiger partial charge in [-0.15, -0.1) is 0 Å². The van der Waals surface area contributed by atoms with Gasteiger partial charge in [-0.25, -0.2) is 0 Å². The SMILES string of the molecule is Cc1ccc(C(C)C)c(OCCOc2cccc(C=O)c2)c1. The average Bonchev–Trinajstić information content (AvgIpc) is 2.51. The number of hydrogen-bond acceptors (Lipinski definition) is 3. The largest absolute Gasteiger partial charge is 0.490 e. The van der Waals surface area contributed by atoms with Crippen LogP contribution in [0, 0.1) is 6.92 Å². The maximum Gasteiger partial charge on any atom is 0.150 e. The van der Waals surface area contributed by atoms with Crippen LogP contribution < -0.4 is 9.47 Å². The molecule has 3 heteroatoms. The summed E-state index contributed by atoms with van der Waals surface area (Å²) in [5.41, 5.74) is 2.99. The molecule has 0 atom stereocenters. The van der Waals surface area contributed by atoms with E-state index in [-0.39, 0.29) is 0 Å². The first kappa shape index (κ1) is 16.1. The van der Waals surface area contributed by atoms with Crippen LogP contribution in [0.2, 0.25) is 0 Å². The highest BCUT2D eigenvalue weighted by Gasteiger charge is 2.08. The molecule has 0 aliphatic heterocycles. The second-order valence-corrected chi connectivity index (χ2v) is 5.58. The quantitative estimate of drug-likeness (QED) is 0.562. The Morgan fingerprint density at radius 1 is 1.05 bits per heavy atom. The third-order valence-electron chi connectivity index (χ3n) is 3.39. The molecule has 0 radical (unpaired) electrons. The molecule has 2 aromatic carbocycles. The lowest BCUT2D eigenvalue weighted by atomic mass is 10.0. The second-order valence-electron chi connectivity index (χ2n) is 5.58. The number of aldehydes is 1. The zero-order chi connectivity index (χ0) is 15.9. The minimum Gasteiger partial charge on any atom is -0.490 e. The minimum atomic E-state index is 0.417. The zero-order valence-electron chi connectivity index (χ0n) is 13.3. The van der Waals surface area contributed by atoms with E-state index in [4.69, 9.17) is 9.47 Å². The van der Waals surface area contributed by atoms with Crippen LogP contribution in [-0.2, 0) is 0 Å². The molecule has 0 spiro atoms. The van der Waals surface area contributed by atoms with Gasteiger partial charge in [0.05, 0.1) is 0 Å². The third kappa shape index (κ3) is 4.35. The molecular formula is C19H22O3. The van der Waals surface area contributed by atoms with Crippen LogP contribution in [0.4, 0.5) is 0 Å². The number of carbonyl (C=O) groups is 1. The van der Waals surface area contributed by atoms with Crippen molar-refractivity contribution in [3.05, 3.63) is 59.2 Å². The maximum absolute atomic E-state index is 10.7. The van der Waals surface area contributed by atoms with Gasteiger partial charge in [-0.05, 0) is 42.2 Å². The highest BCUT2D eigenvalue weighted by atomic mass is 16.5. The van der Waals surface area contributed by atoms with Crippen LogP contribution in [0.5, 0.6) is 11.5 Å². The van der Waals surface area contributed by atoms with Crippen molar-refractivity contribution in [3.63, 3.8) is 0 Å². The molecule has 3 nitrogen and oxygen atoms in total. The molecule has 0 N–H and O–H groups in total. The molecule has 22 heavy (non-hydrogen) atoms. The first-order chi connectivity index (χ1) is 10.6. The number of hydrogen-bond donors (Lipinski definition) is 0. The summed E-state index contributed by atoms with van der Waals surface area (Å²) in [7, 11) is 0. The fourth-order valence-electron chi connectivity index (χ4n) is 2.23. The van der Waals surface area contributed by atoms with Crippen molar-refractivity contribution in [2.45, 2.75) is 26.7 Å². The van der Waals surface area contributed by atoms with Crippen molar-refractivity contribution in [1.29, 1.82) is 0 Å². The van der Waals surface area contributed by atoms with E-state index in [2.05, 4.69) is 39.0 Å². The topological polar surface area (TPSA) is 35.5 Å². The summed E-state index contributed by atoms with van der Waals surface area (Å²) in [6.45, 7) is 7.26. The van der Waals surface area contributed by atoms with Gasteiger partial charge < -0.3 is 9.47 Å². The molecule has 0 saturated carbocycles. The van der Waals surface area contributed by atoms with Gasteiger partial charge in [-0.2, -0.15) is 0 Å². The lowest BCUT2D eigenvalue weighted by Crippen LogP contribution is -2.10. The van der Waals surface area contributed by atoms with Crippen molar-refractivity contribution < 1.29 is 14.3 Å². The van der Waals surface area contributed by atoms with Gasteiger partial charge >= 0.3 is 0 Å². The van der Waals surface area contributed by atoms with E-state index in [9.17, 15) is 4.79 Å². The van der Waals surface area contributed by atoms with Crippen molar-refractivity contribution in [3.8, 4) is 11.5 Å². The fourth-order valence-corrected chi connectivity index (χ4v) is 2.23. The minimum absolute atomic E-state index is 0.417. The van der Waals surface area contributed by atoms with E-state index >= 15 is 0 Å². The van der Waals surface area contributed by atoms with Crippen LogP contribution in [0.1, 0.15) is 41.3 Å². The van der Waals surface area contributed by atoms with E-state index in [0.717, 1.165) is 12.0 Å². The van der Waals surface area contributed by atoms with Gasteiger partial charge in [0, 0.05) is 5.56 Å². The van der Waals surface area contributed by atoms with Gasteiger partial charge in [0.25, 0.3) is 0 Å². The molecule has 0 aliphatic carbocycles. The zero-order valence-corrected chi connectivity index (χ0v) is 13.3. The Morgan fingerprint density at radius 3 is 2.55 bits per heavy atom. The summed E-state index contributed by atoms with van der Waals surface area (Å²) in [4.78, 5) is 10.7. The number of rotatable bonds is 7. The third-order valence-corrected chi connectivity index (χ3v) is 3.39. The highest BCUT2D eigenvalue weighted by Crippen LogP contribution is 2.27. The van der Waals surface area contributed by atoms with Crippen LogP contribution in [0.25, 0.3) is 0 Å². The van der Waals surface area contributed by atoms with Crippen molar-refractivity contribution in [2.75, 3.05) is 13.2 Å². The molecule has 2 rings (SSSR count). The summed E-state index contributed by atoms with van der Waals surface area (Å²) in [6, 6.07) is 13.4. The summed E-state index contributed by atoms with van der Waals surface area (Å²) in [6.07, 6.45) is 0.811. The maximum atomic E-state index is 10.7. The van der Waals surface area contributed by atoms with Gasteiger partial charge in [0.15, 0.2) is 0 Å². The lowest BCUT2D eigenvalue weighted by molar-refractivity contribution is 0.112. The first-order valence-corrected chi connectivity index (χ1v) is 7.51. The van der Waals surface area contributed by atoms with Crippen LogP contribution >= 0.6 is 0 Å². The summed E-state index contributed by atoms with van der Waals surface area (Å²) in [5, 5.41) is 0. The molecule has 2 aromatic rings. The fraction of sp³-hybridized carbons (Fsp3) is 0.316. The summed E-state index contributed by atoms with van der Waals surface area (Å²) < 4.78 is 11.5. The predicted molar refractivity (Wildman–Crippen MR) is 88.1 cm³/mol. The average molecular weight is 298 g/mol. The van der Waals surface area contributed by atoms with Crippen LogP contribution in [-0.4, -0.2) is 19.5 Å². The van der Waals surface area contributed by atoms with E-state index in [1.54, 1.807) is 18.2 Å². The molecule has 0 fully saturated rings. The van der Waals surface area contributed by atoms with Crippen molar-refractivity contribution >= 4 is 6.29 Å². The second kappa shape index (κ2) is 7.64. The first-order valence-electron chi connectivity index (χ1n) is 7.51. The Kier molecular flexibility index (Phi) is 5.59. The summed E-state index contributed by atoms with van der Waals surface area (Å²) in [5.74, 6) is 2.02. The smallest absolute Gasteiger partial charge is 0.150 e. The van der Waals surface area contributed by atoms with Crippen LogP contribution in [0.3, 0.4) is 0 Å². The van der Waals surface area contributed by atoms with Crippen molar-refractivity contribution in [1.82, 2.24) is 0 Å². The molecule has 0 amide bonds. The number of carbonyl (C=O) groups excluding carboxylic acids is 1. The normalized spacial score (nSPS) is 10.5. The van der Waals surface area contributed by atoms with Gasteiger partial charge in [0.2, 0.25) is 0 Å². The predicted octanol–water partition coefficient (Wildman–Crippen LogP) is 4.39. The van der Waals surface area contributed by atoms with Gasteiger partial charge in [-0.1, -0.05) is 38.1 Å². The van der Waals surface area contributed by atoms with Gasteiger partial charge in [-0.3, -0.25) is 4.79 Å². The lowest BCUT2D eigenvalue weighted by Gasteiger charge is -2.15. The molecule has 0 unspecified atom stereocenters. The highest BCUT2D eigenvalue weighted by molar-refractivity contribution is 5.75. The van der Waals surface area contributed by atoms with E-state index < -0.39 is 0 Å². The number of ether oxygens (including phenoxy) is 2. The van der Waals surface area contributed by atoms with Gasteiger partial charge in [0.1, 0.15) is 31.0 Å². The Labute approximate surface area is 131 Å². The molecule has 0 aliphatic rings. The Bertz CT molecular complexity index is 632. The Hall–Kier alpha value is -2.29. The number of benzene rings is 2. The molecule has 0 heterocycles. The van der Waals surface area contributed by atoms with E-state index in [1.165, 1.54) is 11.1 Å². The summed E-state index contributed by atoms with van der Waals surface area (Å²) >= 11 is 0. The molecule has 0 bridgehead atoms. The van der Waals surface area contributed by atoms with Crippen molar-refractivity contribution in [2.24, 2.45) is 0 Å². The molecule has 0 aromatic heterocycles. The monoisotopic (exact) mass is 298 g/mol. The van der Waals surface area contributed by atoms with Crippen LogP contribution in [0.15, 0.2) is 42.5 Å². The molecular weight excluding hydrogens is 276 g/mol. The van der Waals surface area contributed by atoms with E-state index in [1.807, 2.05) is 6.07 Å². The Balaban J connectivity index is 1.91. The van der Waals surface area contributed by atoms with E-state index in [0.29, 0.717) is 30.4 Å². The molecule has 0 saturated heterocycles. The molecule has 116 valence electrons. The standard InChI is InChI=1S/C19H22O3/c1-14(2)18-8-7-15(3)11-19(18)22-10-9-21-17-6-4-5-16(12-17)13-20/h4-8,11-14H,9-10H2,1-3H3. The number of aryl methyl sites for hydroxylation is 1. The Morgan fingerprint density at radius 2 is 1.82 bits per heavy atom.